The summed E-state index contributed by atoms with van der Waals surface area (Å²) in [6.45, 7) is 6.95. The van der Waals surface area contributed by atoms with Crippen molar-refractivity contribution in [1.82, 2.24) is 0 Å². The van der Waals surface area contributed by atoms with E-state index in [-0.39, 0.29) is 0 Å². The minimum absolute atomic E-state index is 0.817. The Labute approximate surface area is 51.9 Å². The highest BCUT2D eigenvalue weighted by Crippen LogP contribution is 2.04. The summed E-state index contributed by atoms with van der Waals surface area (Å²) in [5, 5.41) is 1.85. The lowest BCUT2D eigenvalue weighted by molar-refractivity contribution is 1.63. The first-order valence-corrected chi connectivity index (χ1v) is 6.68. The quantitative estimate of drug-likeness (QED) is 0.410. The van der Waals surface area contributed by atoms with Gasteiger partial charge in [-0.25, -0.2) is 0 Å². The minimum atomic E-state index is -0.817. The van der Waals surface area contributed by atoms with Gasteiger partial charge in [-0.3, -0.25) is 0 Å². The Kier molecular flexibility index (Phi) is 2.69. The third-order valence-electron chi connectivity index (χ3n) is 0.696. The fourth-order valence-corrected chi connectivity index (χ4v) is 2.25. The predicted molar refractivity (Wildman–Crippen MR) is 41.8 cm³/mol. The van der Waals surface area contributed by atoms with E-state index in [2.05, 4.69) is 19.6 Å². The molecule has 0 atom stereocenters. The molecular formula is C5H12SSi. The number of hydrogen-bond acceptors (Lipinski definition) is 1. The van der Waals surface area contributed by atoms with Crippen molar-refractivity contribution in [1.29, 1.82) is 0 Å². The molecule has 2 heteroatoms. The second-order valence-corrected chi connectivity index (χ2v) is 8.79. The molecule has 0 N–H and O–H groups in total. The highest BCUT2D eigenvalue weighted by Gasteiger charge is 2.08. The molecule has 0 aromatic carbocycles. The lowest BCUT2D eigenvalue weighted by atomic mass is 11.0. The summed E-state index contributed by atoms with van der Waals surface area (Å²) in [6, 6.07) is 1.17. The van der Waals surface area contributed by atoms with E-state index >= 15 is 0 Å². The molecule has 0 aromatic rings. The van der Waals surface area contributed by atoms with Crippen LogP contribution in [0.15, 0.2) is 0 Å². The standard InChI is InChI=1S/C5H12SSi/c1-7(2,3)5-4-6/h4H,5H2,1-3H3. The van der Waals surface area contributed by atoms with Gasteiger partial charge < -0.3 is 0 Å². The molecule has 0 aliphatic rings. The Morgan fingerprint density at radius 3 is 1.86 bits per heavy atom. The number of hydrogen-bond donors (Lipinski definition) is 0. The molecule has 0 aliphatic heterocycles. The van der Waals surface area contributed by atoms with Crippen LogP contribution in [0.3, 0.4) is 0 Å². The Bertz CT molecular complexity index is 63.0. The number of thiocarbonyl (C=S) groups is 1. The molecule has 0 bridgehead atoms. The molecule has 0 amide bonds. The summed E-state index contributed by atoms with van der Waals surface area (Å²) in [5.41, 5.74) is 0. The first-order valence-electron chi connectivity index (χ1n) is 2.50. The van der Waals surface area contributed by atoms with E-state index in [1.807, 2.05) is 5.37 Å². The summed E-state index contributed by atoms with van der Waals surface area (Å²) in [6.07, 6.45) is 0. The second kappa shape index (κ2) is 2.57. The molecule has 0 heterocycles. The molecule has 0 saturated heterocycles. The van der Waals surface area contributed by atoms with Gasteiger partial charge >= 0.3 is 0 Å². The van der Waals surface area contributed by atoms with Gasteiger partial charge in [0.1, 0.15) is 0 Å². The van der Waals surface area contributed by atoms with E-state index in [9.17, 15) is 0 Å². The average Bonchev–Trinajstić information content (AvgIpc) is 1.30. The van der Waals surface area contributed by atoms with Crippen molar-refractivity contribution in [2.24, 2.45) is 0 Å². The molecular weight excluding hydrogens is 120 g/mol. The van der Waals surface area contributed by atoms with Crippen LogP contribution in [0, 0.1) is 0 Å². The summed E-state index contributed by atoms with van der Waals surface area (Å²) in [4.78, 5) is 0. The molecule has 0 spiro atoms. The summed E-state index contributed by atoms with van der Waals surface area (Å²) < 4.78 is 0. The van der Waals surface area contributed by atoms with Gasteiger partial charge in [0.15, 0.2) is 0 Å². The van der Waals surface area contributed by atoms with Crippen LogP contribution in [-0.2, 0) is 0 Å². The first-order chi connectivity index (χ1) is 3.06. The van der Waals surface area contributed by atoms with Crippen LogP contribution >= 0.6 is 12.2 Å². The van der Waals surface area contributed by atoms with Crippen LogP contribution in [0.25, 0.3) is 0 Å². The molecule has 0 aromatic heterocycles. The van der Waals surface area contributed by atoms with Gasteiger partial charge in [0.2, 0.25) is 0 Å². The molecule has 0 unspecified atom stereocenters. The highest BCUT2D eigenvalue weighted by molar-refractivity contribution is 7.79. The topological polar surface area (TPSA) is 0 Å². The third-order valence-corrected chi connectivity index (χ3v) is 2.59. The van der Waals surface area contributed by atoms with E-state index in [4.69, 9.17) is 12.2 Å². The Balaban J connectivity index is 3.34. The van der Waals surface area contributed by atoms with Gasteiger partial charge in [-0.1, -0.05) is 31.9 Å². The lowest BCUT2D eigenvalue weighted by Gasteiger charge is -2.09. The minimum Gasteiger partial charge on any atom is -0.0938 e. The van der Waals surface area contributed by atoms with Crippen molar-refractivity contribution < 1.29 is 0 Å². The van der Waals surface area contributed by atoms with Gasteiger partial charge in [0, 0.05) is 8.07 Å². The molecule has 7 heavy (non-hydrogen) atoms. The second-order valence-electron chi connectivity index (χ2n) is 2.93. The summed E-state index contributed by atoms with van der Waals surface area (Å²) in [5.74, 6) is 0. The van der Waals surface area contributed by atoms with Crippen LogP contribution in [0.5, 0.6) is 0 Å². The van der Waals surface area contributed by atoms with E-state index in [0.717, 1.165) is 0 Å². The third kappa shape index (κ3) is 6.31. The van der Waals surface area contributed by atoms with E-state index in [1.54, 1.807) is 0 Å². The van der Waals surface area contributed by atoms with Gasteiger partial charge in [-0.15, -0.1) is 0 Å². The Morgan fingerprint density at radius 2 is 1.86 bits per heavy atom. The van der Waals surface area contributed by atoms with Gasteiger partial charge in [-0.05, 0) is 11.4 Å². The normalized spacial score (nSPS) is 11.3. The molecule has 0 aliphatic carbocycles. The van der Waals surface area contributed by atoms with Crippen molar-refractivity contribution >= 4 is 25.7 Å². The lowest BCUT2D eigenvalue weighted by Crippen LogP contribution is -2.18. The van der Waals surface area contributed by atoms with E-state index in [1.165, 1.54) is 6.04 Å². The average molecular weight is 132 g/mol. The fourth-order valence-electron chi connectivity index (χ4n) is 0.250. The van der Waals surface area contributed by atoms with Gasteiger partial charge in [-0.2, -0.15) is 0 Å². The smallest absolute Gasteiger partial charge is 0.0489 e. The van der Waals surface area contributed by atoms with Crippen molar-refractivity contribution in [3.05, 3.63) is 0 Å². The molecule has 42 valence electrons. The van der Waals surface area contributed by atoms with Gasteiger partial charge in [0.25, 0.3) is 0 Å². The van der Waals surface area contributed by atoms with Gasteiger partial charge in [0.05, 0.1) is 0 Å². The van der Waals surface area contributed by atoms with Crippen molar-refractivity contribution in [2.75, 3.05) is 0 Å². The van der Waals surface area contributed by atoms with E-state index in [0.29, 0.717) is 0 Å². The maximum Gasteiger partial charge on any atom is 0.0489 e. The molecule has 0 radical (unpaired) electrons. The first kappa shape index (κ1) is 7.31. The zero-order chi connectivity index (χ0) is 5.91. The zero-order valence-corrected chi connectivity index (χ0v) is 7.01. The monoisotopic (exact) mass is 132 g/mol. The van der Waals surface area contributed by atoms with Crippen LogP contribution in [0.1, 0.15) is 0 Å². The predicted octanol–water partition coefficient (Wildman–Crippen LogP) is 2.32. The van der Waals surface area contributed by atoms with E-state index < -0.39 is 8.07 Å². The fraction of sp³-hybridized carbons (Fsp3) is 0.800. The zero-order valence-electron chi connectivity index (χ0n) is 5.19. The maximum atomic E-state index is 4.71. The summed E-state index contributed by atoms with van der Waals surface area (Å²) >= 11 is 4.71. The van der Waals surface area contributed by atoms with Crippen molar-refractivity contribution in [2.45, 2.75) is 25.7 Å². The molecule has 0 saturated carbocycles. The van der Waals surface area contributed by atoms with Crippen molar-refractivity contribution in [3.8, 4) is 0 Å². The van der Waals surface area contributed by atoms with Crippen LogP contribution in [0.4, 0.5) is 0 Å². The Hall–Kier alpha value is 0.307. The van der Waals surface area contributed by atoms with Crippen LogP contribution < -0.4 is 0 Å². The number of rotatable bonds is 2. The molecule has 0 fully saturated rings. The van der Waals surface area contributed by atoms with Crippen molar-refractivity contribution in [3.63, 3.8) is 0 Å². The Morgan fingerprint density at radius 1 is 1.43 bits per heavy atom. The highest BCUT2D eigenvalue weighted by atomic mass is 32.1. The maximum absolute atomic E-state index is 4.71. The largest absolute Gasteiger partial charge is 0.0938 e. The van der Waals surface area contributed by atoms with Crippen LogP contribution in [-0.4, -0.2) is 13.4 Å². The summed E-state index contributed by atoms with van der Waals surface area (Å²) in [7, 11) is -0.817. The van der Waals surface area contributed by atoms with Crippen LogP contribution in [0.2, 0.25) is 25.7 Å². The SMILES string of the molecule is C[Si](C)(C)CC=S. The molecule has 0 nitrogen and oxygen atoms in total. The molecule has 0 rings (SSSR count).